The number of nitrogens with zero attached hydrogens (tertiary/aromatic N) is 1. The van der Waals surface area contributed by atoms with Gasteiger partial charge in [-0.15, -0.1) is 0 Å². The van der Waals surface area contributed by atoms with Crippen molar-refractivity contribution in [1.29, 1.82) is 0 Å². The van der Waals surface area contributed by atoms with Crippen molar-refractivity contribution in [3.8, 4) is 0 Å². The predicted molar refractivity (Wildman–Crippen MR) is 87.9 cm³/mol. The largest absolute Gasteiger partial charge is 0.341 e. The molecular weight excluding hydrogens is 345 g/mol. The monoisotopic (exact) mass is 361 g/mol. The summed E-state index contributed by atoms with van der Waals surface area (Å²) in [6, 6.07) is 14.6. The molecule has 0 spiro atoms. The number of carbonyl (C=O) groups excluding carboxylic acids is 1. The number of halogens is 2. The summed E-state index contributed by atoms with van der Waals surface area (Å²) < 4.78 is 14.8. The van der Waals surface area contributed by atoms with Gasteiger partial charge in [-0.3, -0.25) is 4.79 Å². The fourth-order valence-corrected chi connectivity index (χ4v) is 3.24. The number of hydrogen-bond donors (Lipinski definition) is 0. The lowest BCUT2D eigenvalue weighted by Crippen LogP contribution is -2.28. The minimum atomic E-state index is -0.212. The SMILES string of the molecule is CN(Cc1ccccc1Br)C(=O)C1CC1c1ccccc1F. The van der Waals surface area contributed by atoms with Gasteiger partial charge in [-0.2, -0.15) is 0 Å². The van der Waals surface area contributed by atoms with Crippen LogP contribution < -0.4 is 0 Å². The molecule has 0 bridgehead atoms. The normalized spacial score (nSPS) is 19.8. The molecule has 1 fully saturated rings. The lowest BCUT2D eigenvalue weighted by Gasteiger charge is -2.18. The van der Waals surface area contributed by atoms with Crippen LogP contribution in [0.4, 0.5) is 4.39 Å². The van der Waals surface area contributed by atoms with Gasteiger partial charge in [-0.25, -0.2) is 4.39 Å². The van der Waals surface area contributed by atoms with Crippen molar-refractivity contribution in [2.45, 2.75) is 18.9 Å². The molecule has 22 heavy (non-hydrogen) atoms. The van der Waals surface area contributed by atoms with Gasteiger partial charge in [0.1, 0.15) is 5.82 Å². The highest BCUT2D eigenvalue weighted by Crippen LogP contribution is 2.49. The zero-order chi connectivity index (χ0) is 15.7. The first-order valence-electron chi connectivity index (χ1n) is 7.30. The van der Waals surface area contributed by atoms with Crippen LogP contribution in [0.3, 0.4) is 0 Å². The molecule has 0 aliphatic heterocycles. The van der Waals surface area contributed by atoms with Crippen molar-refractivity contribution >= 4 is 21.8 Å². The first-order valence-corrected chi connectivity index (χ1v) is 8.10. The van der Waals surface area contributed by atoms with E-state index in [4.69, 9.17) is 0 Å². The second kappa shape index (κ2) is 6.21. The highest BCUT2D eigenvalue weighted by atomic mass is 79.9. The average Bonchev–Trinajstić information content (AvgIpc) is 3.29. The van der Waals surface area contributed by atoms with Crippen LogP contribution in [0, 0.1) is 11.7 Å². The van der Waals surface area contributed by atoms with E-state index < -0.39 is 0 Å². The molecule has 2 aromatic carbocycles. The first-order chi connectivity index (χ1) is 10.6. The van der Waals surface area contributed by atoms with Crippen molar-refractivity contribution in [3.63, 3.8) is 0 Å². The maximum absolute atomic E-state index is 13.8. The Balaban J connectivity index is 1.66. The molecule has 2 nitrogen and oxygen atoms in total. The van der Waals surface area contributed by atoms with Gasteiger partial charge in [0.2, 0.25) is 5.91 Å². The van der Waals surface area contributed by atoms with Gasteiger partial charge < -0.3 is 4.90 Å². The summed E-state index contributed by atoms with van der Waals surface area (Å²) in [5.41, 5.74) is 1.73. The van der Waals surface area contributed by atoms with Crippen LogP contribution in [-0.4, -0.2) is 17.9 Å². The van der Waals surface area contributed by atoms with E-state index in [-0.39, 0.29) is 23.6 Å². The van der Waals surface area contributed by atoms with Crippen LogP contribution in [0.5, 0.6) is 0 Å². The Labute approximate surface area is 138 Å². The molecule has 2 unspecified atom stereocenters. The first kappa shape index (κ1) is 15.2. The Hall–Kier alpha value is -1.68. The number of carbonyl (C=O) groups is 1. The van der Waals surface area contributed by atoms with Gasteiger partial charge in [0.05, 0.1) is 0 Å². The molecule has 1 amide bonds. The van der Waals surface area contributed by atoms with Crippen molar-refractivity contribution in [3.05, 3.63) is 69.9 Å². The summed E-state index contributed by atoms with van der Waals surface area (Å²) in [5.74, 6) is -0.194. The molecule has 0 aromatic heterocycles. The van der Waals surface area contributed by atoms with Crippen LogP contribution in [-0.2, 0) is 11.3 Å². The summed E-state index contributed by atoms with van der Waals surface area (Å²) in [6.07, 6.45) is 0.736. The zero-order valence-corrected chi connectivity index (χ0v) is 13.9. The molecular formula is C18H17BrFNO. The minimum absolute atomic E-state index is 0.0235. The van der Waals surface area contributed by atoms with Gasteiger partial charge >= 0.3 is 0 Å². The van der Waals surface area contributed by atoms with Gasteiger partial charge in [0, 0.05) is 24.0 Å². The second-order valence-corrected chi connectivity index (χ2v) is 6.61. The molecule has 1 aliphatic rings. The van der Waals surface area contributed by atoms with Crippen molar-refractivity contribution < 1.29 is 9.18 Å². The Morgan fingerprint density at radius 3 is 2.64 bits per heavy atom. The van der Waals surface area contributed by atoms with E-state index in [0.29, 0.717) is 12.1 Å². The van der Waals surface area contributed by atoms with Crippen molar-refractivity contribution in [2.75, 3.05) is 7.05 Å². The Morgan fingerprint density at radius 1 is 1.23 bits per heavy atom. The topological polar surface area (TPSA) is 20.3 Å². The Kier molecular flexibility index (Phi) is 4.30. The van der Waals surface area contributed by atoms with Crippen molar-refractivity contribution in [1.82, 2.24) is 4.90 Å². The highest BCUT2D eigenvalue weighted by Gasteiger charge is 2.46. The standard InChI is InChI=1S/C18H17BrFNO/c1-21(11-12-6-2-4-8-16(12)19)18(22)15-10-14(15)13-7-3-5-9-17(13)20/h2-9,14-15H,10-11H2,1H3. The third-order valence-corrected chi connectivity index (χ3v) is 4.93. The number of rotatable bonds is 4. The second-order valence-electron chi connectivity index (χ2n) is 5.76. The van der Waals surface area contributed by atoms with Gasteiger partial charge in [-0.1, -0.05) is 52.3 Å². The van der Waals surface area contributed by atoms with E-state index in [1.807, 2.05) is 30.3 Å². The molecule has 1 saturated carbocycles. The third-order valence-electron chi connectivity index (χ3n) is 4.15. The lowest BCUT2D eigenvalue weighted by atomic mass is 10.1. The van der Waals surface area contributed by atoms with Crippen LogP contribution >= 0.6 is 15.9 Å². The fourth-order valence-electron chi connectivity index (χ4n) is 2.83. The molecule has 114 valence electrons. The van der Waals surface area contributed by atoms with Crippen molar-refractivity contribution in [2.24, 2.45) is 5.92 Å². The quantitative estimate of drug-likeness (QED) is 0.792. The van der Waals surface area contributed by atoms with E-state index in [1.54, 1.807) is 24.1 Å². The van der Waals surface area contributed by atoms with Crippen LogP contribution in [0.15, 0.2) is 53.0 Å². The average molecular weight is 362 g/mol. The van der Waals surface area contributed by atoms with E-state index in [2.05, 4.69) is 15.9 Å². The maximum atomic E-state index is 13.8. The van der Waals surface area contributed by atoms with E-state index in [9.17, 15) is 9.18 Å². The summed E-state index contributed by atoms with van der Waals surface area (Å²) in [4.78, 5) is 14.2. The maximum Gasteiger partial charge on any atom is 0.226 e. The summed E-state index contributed by atoms with van der Waals surface area (Å²) in [7, 11) is 1.80. The molecule has 2 atom stereocenters. The summed E-state index contributed by atoms with van der Waals surface area (Å²) in [6.45, 7) is 0.556. The summed E-state index contributed by atoms with van der Waals surface area (Å²) in [5, 5.41) is 0. The van der Waals surface area contributed by atoms with Crippen LogP contribution in [0.2, 0.25) is 0 Å². The number of amides is 1. The molecule has 2 aromatic rings. The molecule has 4 heteroatoms. The fraction of sp³-hybridized carbons (Fsp3) is 0.278. The predicted octanol–water partition coefficient (Wildman–Crippen LogP) is 4.35. The molecule has 0 radical (unpaired) electrons. The smallest absolute Gasteiger partial charge is 0.226 e. The van der Waals surface area contributed by atoms with E-state index in [0.717, 1.165) is 16.5 Å². The zero-order valence-electron chi connectivity index (χ0n) is 12.3. The van der Waals surface area contributed by atoms with Gasteiger partial charge in [-0.05, 0) is 35.6 Å². The number of benzene rings is 2. The van der Waals surface area contributed by atoms with E-state index >= 15 is 0 Å². The lowest BCUT2D eigenvalue weighted by molar-refractivity contribution is -0.131. The Morgan fingerprint density at radius 2 is 1.91 bits per heavy atom. The van der Waals surface area contributed by atoms with Gasteiger partial charge in [0.15, 0.2) is 0 Å². The molecule has 0 saturated heterocycles. The Bertz CT molecular complexity index is 699. The van der Waals surface area contributed by atoms with Gasteiger partial charge in [0.25, 0.3) is 0 Å². The number of hydrogen-bond acceptors (Lipinski definition) is 1. The minimum Gasteiger partial charge on any atom is -0.341 e. The van der Waals surface area contributed by atoms with Crippen LogP contribution in [0.1, 0.15) is 23.5 Å². The molecule has 3 rings (SSSR count). The van der Waals surface area contributed by atoms with E-state index in [1.165, 1.54) is 6.07 Å². The highest BCUT2D eigenvalue weighted by molar-refractivity contribution is 9.10. The molecule has 0 N–H and O–H groups in total. The van der Waals surface area contributed by atoms with Crippen LogP contribution in [0.25, 0.3) is 0 Å². The third kappa shape index (κ3) is 3.07. The summed E-state index contributed by atoms with van der Waals surface area (Å²) >= 11 is 3.50. The molecule has 0 heterocycles. The molecule has 1 aliphatic carbocycles.